The van der Waals surface area contributed by atoms with Crippen molar-refractivity contribution in [1.29, 1.82) is 0 Å². The number of pyridine rings is 1. The summed E-state index contributed by atoms with van der Waals surface area (Å²) in [5.41, 5.74) is 1.77. The smallest absolute Gasteiger partial charge is 0.392 e. The quantitative estimate of drug-likeness (QED) is 0.745. The Morgan fingerprint density at radius 3 is 2.71 bits per heavy atom. The van der Waals surface area contributed by atoms with Crippen LogP contribution in [0.4, 0.5) is 13.2 Å². The molecule has 2 atom stereocenters. The molecule has 114 valence electrons. The number of rotatable bonds is 0. The van der Waals surface area contributed by atoms with Gasteiger partial charge >= 0.3 is 6.18 Å². The highest BCUT2D eigenvalue weighted by Gasteiger charge is 2.47. The average molecular weight is 303 g/mol. The molecule has 0 saturated carbocycles. The minimum Gasteiger partial charge on any atom is -0.502 e. The minimum absolute atomic E-state index is 0.0802. The maximum Gasteiger partial charge on any atom is 0.392 e. The molecule has 1 fully saturated rings. The van der Waals surface area contributed by atoms with E-state index in [1.165, 1.54) is 11.1 Å². The molecule has 3 heterocycles. The summed E-state index contributed by atoms with van der Waals surface area (Å²) in [6, 6.07) is 1.04. The molecule has 21 heavy (non-hydrogen) atoms. The average Bonchev–Trinajstić information content (AvgIpc) is 2.41. The zero-order valence-electron chi connectivity index (χ0n) is 10.7. The molecule has 0 radical (unpaired) electrons. The van der Waals surface area contributed by atoms with Crippen LogP contribution in [0.2, 0.25) is 0 Å². The Morgan fingerprint density at radius 2 is 2.05 bits per heavy atom. The number of aromatic nitrogens is 1. The number of nitrogens with zero attached hydrogens (tertiary/aromatic N) is 2. The summed E-state index contributed by atoms with van der Waals surface area (Å²) in [5, 5.41) is 9.68. The predicted octanol–water partition coefficient (Wildman–Crippen LogP) is 0.852. The van der Waals surface area contributed by atoms with Gasteiger partial charge in [-0.05, 0) is 12.8 Å². The van der Waals surface area contributed by atoms with E-state index in [1.807, 2.05) is 0 Å². The maximum atomic E-state index is 12.8. The highest BCUT2D eigenvalue weighted by atomic mass is 19.4. The lowest BCUT2D eigenvalue weighted by atomic mass is 9.93. The Hall–Kier alpha value is -2.19. The van der Waals surface area contributed by atoms with Crippen molar-refractivity contribution in [2.75, 3.05) is 12.0 Å². The number of nitrogens with one attached hydrogen (secondary N) is 1. The zero-order chi connectivity index (χ0) is 15.4. The van der Waals surface area contributed by atoms with Crippen LogP contribution in [0.25, 0.3) is 0 Å². The Bertz CT molecular complexity index is 655. The topological polar surface area (TPSA) is 74.6 Å². The van der Waals surface area contributed by atoms with Crippen LogP contribution in [0.5, 0.6) is 5.75 Å². The molecule has 2 N–H and O–H groups in total. The second-order valence-corrected chi connectivity index (χ2v) is 5.15. The fourth-order valence-corrected chi connectivity index (χ4v) is 2.76. The molecule has 0 aromatic carbocycles. The van der Waals surface area contributed by atoms with Gasteiger partial charge in [0.1, 0.15) is 6.17 Å². The molecule has 0 bridgehead atoms. The van der Waals surface area contributed by atoms with Crippen molar-refractivity contribution in [2.45, 2.75) is 25.2 Å². The molecule has 3 rings (SSSR count). The number of amides is 1. The molecule has 2 aliphatic rings. The first kappa shape index (κ1) is 13.8. The third-order valence-electron chi connectivity index (χ3n) is 3.89. The van der Waals surface area contributed by atoms with Crippen LogP contribution in [0, 0.1) is 5.92 Å². The summed E-state index contributed by atoms with van der Waals surface area (Å²) in [4.78, 5) is 24.9. The van der Waals surface area contributed by atoms with Crippen LogP contribution in [-0.2, 0) is 0 Å². The monoisotopic (exact) mass is 303 g/mol. The molecule has 6 nitrogen and oxygen atoms in total. The molecule has 2 aliphatic heterocycles. The molecule has 1 saturated heterocycles. The number of hydrogen-bond acceptors (Lipinski definition) is 4. The fraction of sp³-hybridized carbons (Fsp3) is 0.500. The van der Waals surface area contributed by atoms with Crippen molar-refractivity contribution in [3.8, 4) is 5.75 Å². The lowest BCUT2D eigenvalue weighted by Crippen LogP contribution is -2.58. The van der Waals surface area contributed by atoms with Crippen molar-refractivity contribution in [3.05, 3.63) is 28.2 Å². The molecule has 1 aromatic heterocycles. The third kappa shape index (κ3) is 2.12. The van der Waals surface area contributed by atoms with Gasteiger partial charge < -0.3 is 15.4 Å². The zero-order valence-corrected chi connectivity index (χ0v) is 10.7. The van der Waals surface area contributed by atoms with E-state index in [0.717, 1.165) is 10.7 Å². The van der Waals surface area contributed by atoms with E-state index in [2.05, 4.69) is 5.43 Å². The Labute approximate surface area is 116 Å². The molecule has 1 aromatic rings. The van der Waals surface area contributed by atoms with Gasteiger partial charge in [0.05, 0.1) is 5.92 Å². The van der Waals surface area contributed by atoms with Gasteiger partial charge in [0.25, 0.3) is 5.91 Å². The van der Waals surface area contributed by atoms with E-state index in [1.54, 1.807) is 0 Å². The summed E-state index contributed by atoms with van der Waals surface area (Å²) >= 11 is 0. The lowest BCUT2D eigenvalue weighted by Gasteiger charge is -2.44. The summed E-state index contributed by atoms with van der Waals surface area (Å²) in [6.07, 6.45) is -4.34. The maximum absolute atomic E-state index is 12.8. The number of carbonyl (C=O) groups excluding carboxylic acids is 1. The fourth-order valence-electron chi connectivity index (χ4n) is 2.76. The van der Waals surface area contributed by atoms with Gasteiger partial charge in [0, 0.05) is 18.8 Å². The number of hydrogen-bond donors (Lipinski definition) is 2. The number of halogens is 3. The summed E-state index contributed by atoms with van der Waals surface area (Å²) in [6.45, 7) is -0.0802. The van der Waals surface area contributed by atoms with E-state index in [9.17, 15) is 27.9 Å². The highest BCUT2D eigenvalue weighted by molar-refractivity contribution is 5.96. The molecular formula is C12H12F3N3O3. The highest BCUT2D eigenvalue weighted by Crippen LogP contribution is 2.37. The van der Waals surface area contributed by atoms with Crippen LogP contribution in [-0.4, -0.2) is 39.5 Å². The molecular weight excluding hydrogens is 291 g/mol. The summed E-state index contributed by atoms with van der Waals surface area (Å²) < 4.78 is 39.5. The van der Waals surface area contributed by atoms with Crippen LogP contribution in [0.15, 0.2) is 17.1 Å². The van der Waals surface area contributed by atoms with Gasteiger partial charge in [-0.15, -0.1) is 0 Å². The van der Waals surface area contributed by atoms with Crippen molar-refractivity contribution in [2.24, 2.45) is 5.92 Å². The van der Waals surface area contributed by atoms with Gasteiger partial charge in [0.2, 0.25) is 5.43 Å². The number of piperidine rings is 1. The van der Waals surface area contributed by atoms with Gasteiger partial charge in [-0.25, -0.2) is 0 Å². The molecule has 9 heteroatoms. The third-order valence-corrected chi connectivity index (χ3v) is 3.89. The Balaban J connectivity index is 1.96. The largest absolute Gasteiger partial charge is 0.502 e. The first-order chi connectivity index (χ1) is 9.79. The standard InChI is InChI=1S/C12H12F3N3O3/c13-12(14,15)6-1-3-17-8(5-6)16-18-4-2-7(19)10(20)9(18)11(17)21/h2,4,6,8,16,20H,1,3,5H2. The van der Waals surface area contributed by atoms with Crippen molar-refractivity contribution in [1.82, 2.24) is 9.58 Å². The minimum atomic E-state index is -4.30. The van der Waals surface area contributed by atoms with Gasteiger partial charge in [0.15, 0.2) is 11.4 Å². The van der Waals surface area contributed by atoms with Crippen molar-refractivity contribution in [3.63, 3.8) is 0 Å². The normalized spacial score (nSPS) is 25.1. The number of carbonyl (C=O) groups is 1. The van der Waals surface area contributed by atoms with E-state index >= 15 is 0 Å². The first-order valence-corrected chi connectivity index (χ1v) is 6.38. The SMILES string of the molecule is O=C1c2c(O)c(=O)ccn2NC2CC(C(F)(F)F)CCN12. The van der Waals surface area contributed by atoms with Gasteiger partial charge in [-0.2, -0.15) is 13.2 Å². The van der Waals surface area contributed by atoms with E-state index in [4.69, 9.17) is 0 Å². The van der Waals surface area contributed by atoms with Crippen molar-refractivity contribution < 1.29 is 23.1 Å². The molecule has 0 aliphatic carbocycles. The van der Waals surface area contributed by atoms with E-state index < -0.39 is 35.3 Å². The first-order valence-electron chi connectivity index (χ1n) is 6.38. The molecule has 2 unspecified atom stereocenters. The van der Waals surface area contributed by atoms with Crippen LogP contribution in [0.1, 0.15) is 23.3 Å². The summed E-state index contributed by atoms with van der Waals surface area (Å²) in [7, 11) is 0. The molecule has 0 spiro atoms. The Morgan fingerprint density at radius 1 is 1.33 bits per heavy atom. The Kier molecular flexibility index (Phi) is 2.89. The summed E-state index contributed by atoms with van der Waals surface area (Å²) in [5.74, 6) is -2.82. The van der Waals surface area contributed by atoms with Crippen LogP contribution >= 0.6 is 0 Å². The number of fused-ring (bicyclic) bond motifs is 2. The van der Waals surface area contributed by atoms with Crippen LogP contribution < -0.4 is 10.9 Å². The second kappa shape index (κ2) is 4.40. The van der Waals surface area contributed by atoms with Gasteiger partial charge in [-0.1, -0.05) is 0 Å². The van der Waals surface area contributed by atoms with Crippen molar-refractivity contribution >= 4 is 5.91 Å². The molecule has 1 amide bonds. The number of aromatic hydroxyl groups is 1. The van der Waals surface area contributed by atoms with E-state index in [0.29, 0.717) is 0 Å². The van der Waals surface area contributed by atoms with Crippen LogP contribution in [0.3, 0.4) is 0 Å². The second-order valence-electron chi connectivity index (χ2n) is 5.15. The predicted molar refractivity (Wildman–Crippen MR) is 65.3 cm³/mol. The van der Waals surface area contributed by atoms with Gasteiger partial charge in [-0.3, -0.25) is 14.3 Å². The number of alkyl halides is 3. The lowest BCUT2D eigenvalue weighted by molar-refractivity contribution is -0.187. The van der Waals surface area contributed by atoms with E-state index in [-0.39, 0.29) is 25.1 Å².